The van der Waals surface area contributed by atoms with Crippen LogP contribution in [-0.4, -0.2) is 11.1 Å². The van der Waals surface area contributed by atoms with E-state index < -0.39 is 10.8 Å². The Morgan fingerprint density at radius 3 is 2.53 bits per heavy atom. The van der Waals surface area contributed by atoms with Crippen LogP contribution in [0.25, 0.3) is 0 Å². The lowest BCUT2D eigenvalue weighted by Crippen LogP contribution is -2.15. The molecule has 1 atom stereocenters. The number of carboxylic acid groups (broad SMARTS) is 1. The van der Waals surface area contributed by atoms with Gasteiger partial charge >= 0.3 is 5.97 Å². The first-order valence-corrected chi connectivity index (χ1v) is 6.74. The van der Waals surface area contributed by atoms with Gasteiger partial charge in [-0.1, -0.05) is 49.8 Å². The van der Waals surface area contributed by atoms with E-state index >= 15 is 0 Å². The molecule has 0 saturated carbocycles. The Kier molecular flexibility index (Phi) is 5.84. The van der Waals surface area contributed by atoms with E-state index in [0.29, 0.717) is 12.0 Å². The summed E-state index contributed by atoms with van der Waals surface area (Å²) in [6.45, 7) is 5.76. The lowest BCUT2D eigenvalue weighted by molar-refractivity contribution is -0.132. The summed E-state index contributed by atoms with van der Waals surface area (Å²) >= 11 is 6.51. The zero-order valence-corrected chi connectivity index (χ0v) is 11.9. The fourth-order valence-corrected chi connectivity index (χ4v) is 2.07. The topological polar surface area (TPSA) is 37.3 Å². The lowest BCUT2D eigenvalue weighted by atomic mass is 9.94. The zero-order chi connectivity index (χ0) is 14.3. The van der Waals surface area contributed by atoms with E-state index in [1.54, 1.807) is 12.2 Å². The molecular weight excluding hydrogens is 260 g/mol. The van der Waals surface area contributed by atoms with Crippen molar-refractivity contribution in [1.82, 2.24) is 0 Å². The van der Waals surface area contributed by atoms with E-state index in [0.717, 1.165) is 18.4 Å². The van der Waals surface area contributed by atoms with Gasteiger partial charge in [-0.2, -0.15) is 0 Å². The largest absolute Gasteiger partial charge is 0.478 e. The van der Waals surface area contributed by atoms with Crippen molar-refractivity contribution in [2.24, 2.45) is 0 Å². The number of carbonyl (C=O) groups is 1. The fourth-order valence-electron chi connectivity index (χ4n) is 1.82. The first-order valence-electron chi connectivity index (χ1n) is 6.36. The minimum Gasteiger partial charge on any atom is -0.478 e. The molecule has 1 N–H and O–H groups in total. The summed E-state index contributed by atoms with van der Waals surface area (Å²) in [7, 11) is 0. The monoisotopic (exact) mass is 278 g/mol. The molecule has 0 fully saturated rings. The van der Waals surface area contributed by atoms with Crippen LogP contribution in [-0.2, 0) is 9.67 Å². The van der Waals surface area contributed by atoms with E-state index in [1.165, 1.54) is 0 Å². The van der Waals surface area contributed by atoms with Gasteiger partial charge in [0.05, 0.1) is 0 Å². The number of rotatable bonds is 7. The maximum Gasteiger partial charge on any atom is 0.331 e. The molecule has 0 amide bonds. The summed E-state index contributed by atoms with van der Waals surface area (Å²) in [6.07, 6.45) is 5.45. The molecular formula is C16H19ClO2. The molecule has 2 nitrogen and oxygen atoms in total. The van der Waals surface area contributed by atoms with Gasteiger partial charge in [-0.25, -0.2) is 4.79 Å². The molecule has 0 heterocycles. The molecule has 1 unspecified atom stereocenters. The van der Waals surface area contributed by atoms with Crippen LogP contribution in [0, 0.1) is 0 Å². The highest BCUT2D eigenvalue weighted by Gasteiger charge is 2.25. The molecule has 0 radical (unpaired) electrons. The number of allylic oxidation sites excluding steroid dienone is 2. The molecule has 0 aromatic heterocycles. The second-order valence-corrected chi connectivity index (χ2v) is 5.04. The Morgan fingerprint density at radius 1 is 1.42 bits per heavy atom. The van der Waals surface area contributed by atoms with Gasteiger partial charge < -0.3 is 5.11 Å². The maximum absolute atomic E-state index is 11.3. The average Bonchev–Trinajstić information content (AvgIpc) is 2.43. The minimum atomic E-state index is -0.970. The van der Waals surface area contributed by atoms with Crippen LogP contribution in [0.15, 0.2) is 54.6 Å². The molecule has 0 spiro atoms. The van der Waals surface area contributed by atoms with E-state index in [2.05, 4.69) is 6.58 Å². The van der Waals surface area contributed by atoms with Crippen molar-refractivity contribution in [3.05, 3.63) is 60.2 Å². The molecule has 0 saturated heterocycles. The SMILES string of the molecule is C=CC(Cl)(C=C(CCCC)C(=O)O)c1ccccc1. The maximum atomic E-state index is 11.3. The number of halogens is 1. The van der Waals surface area contributed by atoms with Gasteiger partial charge in [-0.3, -0.25) is 0 Å². The van der Waals surface area contributed by atoms with E-state index in [4.69, 9.17) is 11.6 Å². The van der Waals surface area contributed by atoms with Crippen LogP contribution in [0.3, 0.4) is 0 Å². The van der Waals surface area contributed by atoms with Gasteiger partial charge in [-0.15, -0.1) is 18.2 Å². The van der Waals surface area contributed by atoms with Crippen molar-refractivity contribution in [2.45, 2.75) is 31.1 Å². The Balaban J connectivity index is 3.13. The highest BCUT2D eigenvalue weighted by molar-refractivity contribution is 6.27. The predicted octanol–water partition coefficient (Wildman–Crippen LogP) is 4.51. The molecule has 0 aliphatic carbocycles. The number of hydrogen-bond donors (Lipinski definition) is 1. The fraction of sp³-hybridized carbons (Fsp3) is 0.312. The van der Waals surface area contributed by atoms with Crippen LogP contribution in [0.4, 0.5) is 0 Å². The van der Waals surface area contributed by atoms with Crippen LogP contribution in [0.5, 0.6) is 0 Å². The Morgan fingerprint density at radius 2 is 2.05 bits per heavy atom. The first kappa shape index (κ1) is 15.5. The Hall–Kier alpha value is -1.54. The van der Waals surface area contributed by atoms with Gasteiger partial charge in [0.15, 0.2) is 0 Å². The summed E-state index contributed by atoms with van der Waals surface area (Å²) in [6, 6.07) is 9.37. The molecule has 3 heteroatoms. The lowest BCUT2D eigenvalue weighted by Gasteiger charge is -2.20. The second kappa shape index (κ2) is 7.15. The first-order chi connectivity index (χ1) is 9.03. The van der Waals surface area contributed by atoms with Gasteiger partial charge in [-0.05, 0) is 24.5 Å². The summed E-state index contributed by atoms with van der Waals surface area (Å²) in [5, 5.41) is 9.24. The standard InChI is InChI=1S/C16H19ClO2/c1-3-5-9-13(15(18)19)12-16(17,4-2)14-10-7-6-8-11-14/h4,6-8,10-12H,2-3,5,9H2,1H3,(H,18,19). The van der Waals surface area contributed by atoms with Crippen molar-refractivity contribution >= 4 is 17.6 Å². The van der Waals surface area contributed by atoms with Crippen molar-refractivity contribution < 1.29 is 9.90 Å². The molecule has 0 aliphatic heterocycles. The Labute approximate surface area is 119 Å². The van der Waals surface area contributed by atoms with Crippen molar-refractivity contribution in [2.75, 3.05) is 0 Å². The van der Waals surface area contributed by atoms with E-state index in [9.17, 15) is 9.90 Å². The van der Waals surface area contributed by atoms with Gasteiger partial charge in [0.1, 0.15) is 4.87 Å². The molecule has 102 valence electrons. The van der Waals surface area contributed by atoms with Gasteiger partial charge in [0.25, 0.3) is 0 Å². The summed E-state index contributed by atoms with van der Waals surface area (Å²) < 4.78 is 0. The Bertz CT molecular complexity index is 465. The van der Waals surface area contributed by atoms with Crippen LogP contribution in [0.1, 0.15) is 31.7 Å². The van der Waals surface area contributed by atoms with E-state index in [1.807, 2.05) is 37.3 Å². The normalized spacial score (nSPS) is 14.7. The van der Waals surface area contributed by atoms with Crippen LogP contribution >= 0.6 is 11.6 Å². The number of carboxylic acids is 1. The molecule has 0 aliphatic rings. The average molecular weight is 279 g/mol. The minimum absolute atomic E-state index is 0.334. The highest BCUT2D eigenvalue weighted by atomic mass is 35.5. The molecule has 1 aromatic carbocycles. The smallest absolute Gasteiger partial charge is 0.331 e. The van der Waals surface area contributed by atoms with Crippen LogP contribution in [0.2, 0.25) is 0 Å². The van der Waals surface area contributed by atoms with Crippen molar-refractivity contribution in [3.8, 4) is 0 Å². The third kappa shape index (κ3) is 4.25. The number of unbranched alkanes of at least 4 members (excludes halogenated alkanes) is 1. The number of aliphatic carboxylic acids is 1. The highest BCUT2D eigenvalue weighted by Crippen LogP contribution is 2.33. The molecule has 1 rings (SSSR count). The summed E-state index contributed by atoms with van der Waals surface area (Å²) in [5.74, 6) is -0.920. The number of alkyl halides is 1. The quantitative estimate of drug-likeness (QED) is 0.453. The van der Waals surface area contributed by atoms with Crippen molar-refractivity contribution in [3.63, 3.8) is 0 Å². The predicted molar refractivity (Wildman–Crippen MR) is 79.4 cm³/mol. The number of hydrogen-bond acceptors (Lipinski definition) is 1. The molecule has 19 heavy (non-hydrogen) atoms. The summed E-state index contributed by atoms with van der Waals surface area (Å²) in [4.78, 5) is 10.3. The van der Waals surface area contributed by atoms with Gasteiger partial charge in [0, 0.05) is 5.57 Å². The third-order valence-electron chi connectivity index (χ3n) is 2.97. The second-order valence-electron chi connectivity index (χ2n) is 4.42. The molecule has 1 aromatic rings. The zero-order valence-electron chi connectivity index (χ0n) is 11.1. The van der Waals surface area contributed by atoms with Gasteiger partial charge in [0.2, 0.25) is 0 Å². The number of benzene rings is 1. The molecule has 0 bridgehead atoms. The van der Waals surface area contributed by atoms with Crippen molar-refractivity contribution in [1.29, 1.82) is 0 Å². The third-order valence-corrected chi connectivity index (χ3v) is 3.45. The van der Waals surface area contributed by atoms with Crippen LogP contribution < -0.4 is 0 Å². The van der Waals surface area contributed by atoms with E-state index in [-0.39, 0.29) is 0 Å². The summed E-state index contributed by atoms with van der Waals surface area (Å²) in [5.41, 5.74) is 1.16.